The first-order chi connectivity index (χ1) is 17.3. The quantitative estimate of drug-likeness (QED) is 0.249. The average molecular weight is 523 g/mol. The molecule has 0 fully saturated rings. The Bertz CT molecular complexity index is 1470. The first kappa shape index (κ1) is 25.8. The summed E-state index contributed by atoms with van der Waals surface area (Å²) in [4.78, 5) is 16.4. The summed E-state index contributed by atoms with van der Waals surface area (Å²) in [6, 6.07) is 20.3. The van der Waals surface area contributed by atoms with Crippen LogP contribution in [0.4, 0.5) is 4.39 Å². The van der Waals surface area contributed by atoms with Gasteiger partial charge in [0, 0.05) is 23.4 Å². The molecule has 1 amide bonds. The lowest BCUT2D eigenvalue weighted by atomic mass is 10.1. The van der Waals surface area contributed by atoms with Gasteiger partial charge < -0.3 is 4.90 Å². The predicted octanol–water partition coefficient (Wildman–Crippen LogP) is 5.75. The van der Waals surface area contributed by atoms with Gasteiger partial charge in [-0.15, -0.1) is 17.9 Å². The molecule has 3 aromatic carbocycles. The van der Waals surface area contributed by atoms with Gasteiger partial charge >= 0.3 is 0 Å². The number of hydrogen-bond acceptors (Lipinski definition) is 4. The third-order valence-electron chi connectivity index (χ3n) is 5.95. The van der Waals surface area contributed by atoms with Gasteiger partial charge in [0.1, 0.15) is 5.82 Å². The molecule has 5 nitrogen and oxygen atoms in total. The Morgan fingerprint density at radius 1 is 1.00 bits per heavy atom. The van der Waals surface area contributed by atoms with Gasteiger partial charge in [0.2, 0.25) is 15.9 Å². The summed E-state index contributed by atoms with van der Waals surface area (Å²) in [5, 5.41) is 3.36. The molecule has 0 unspecified atom stereocenters. The van der Waals surface area contributed by atoms with Crippen molar-refractivity contribution in [2.45, 2.75) is 24.9 Å². The molecular weight excluding hydrogens is 495 g/mol. The van der Waals surface area contributed by atoms with Crippen LogP contribution >= 0.6 is 11.3 Å². The zero-order valence-corrected chi connectivity index (χ0v) is 21.6. The summed E-state index contributed by atoms with van der Waals surface area (Å²) in [7, 11) is -4.00. The summed E-state index contributed by atoms with van der Waals surface area (Å²) in [6.45, 7) is 5.88. The molecule has 8 heteroatoms. The lowest BCUT2D eigenvalue weighted by Gasteiger charge is -2.27. The maximum absolute atomic E-state index is 13.7. The predicted molar refractivity (Wildman–Crippen MR) is 143 cm³/mol. The summed E-state index contributed by atoms with van der Waals surface area (Å²) in [6.07, 6.45) is 1.48. The fourth-order valence-electron chi connectivity index (χ4n) is 3.98. The van der Waals surface area contributed by atoms with Crippen molar-refractivity contribution < 1.29 is 17.6 Å². The van der Waals surface area contributed by atoms with Crippen LogP contribution in [0.2, 0.25) is 0 Å². The largest absolute Gasteiger partial charge is 0.332 e. The topological polar surface area (TPSA) is 57.7 Å². The number of nitrogens with zero attached hydrogens (tertiary/aromatic N) is 2. The van der Waals surface area contributed by atoms with Crippen molar-refractivity contribution in [3.05, 3.63) is 113 Å². The van der Waals surface area contributed by atoms with Crippen LogP contribution < -0.4 is 0 Å². The highest BCUT2D eigenvalue weighted by atomic mass is 32.2. The Morgan fingerprint density at radius 2 is 1.72 bits per heavy atom. The maximum atomic E-state index is 13.7. The molecule has 36 heavy (non-hydrogen) atoms. The fraction of sp³-hybridized carbons (Fsp3) is 0.179. The van der Waals surface area contributed by atoms with Crippen LogP contribution in [0.15, 0.2) is 95.7 Å². The molecule has 0 radical (unpaired) electrons. The normalized spacial score (nSPS) is 11.6. The van der Waals surface area contributed by atoms with Gasteiger partial charge in [-0.05, 0) is 53.1 Å². The number of sulfonamides is 1. The molecule has 0 saturated heterocycles. The SMILES string of the molecule is C=CCN(CC(=O)N(Cc1ccc(F)cc1)Cc1sccc1C)S(=O)(=O)c1cccc2ccccc12. The van der Waals surface area contributed by atoms with Crippen LogP contribution in [0, 0.1) is 12.7 Å². The number of thiophene rings is 1. The van der Waals surface area contributed by atoms with Crippen LogP contribution in [0.1, 0.15) is 16.0 Å². The fourth-order valence-corrected chi connectivity index (χ4v) is 6.48. The van der Waals surface area contributed by atoms with Crippen LogP contribution in [0.25, 0.3) is 10.8 Å². The number of carbonyl (C=O) groups excluding carboxylic acids is 1. The molecule has 1 heterocycles. The third kappa shape index (κ3) is 5.73. The van der Waals surface area contributed by atoms with Gasteiger partial charge in [0.15, 0.2) is 0 Å². The van der Waals surface area contributed by atoms with Gasteiger partial charge in [-0.1, -0.05) is 54.6 Å². The summed E-state index contributed by atoms with van der Waals surface area (Å²) < 4.78 is 42.1. The van der Waals surface area contributed by atoms with Gasteiger partial charge in [-0.3, -0.25) is 4.79 Å². The number of fused-ring (bicyclic) bond motifs is 1. The Kier molecular flexibility index (Phi) is 7.98. The van der Waals surface area contributed by atoms with Crippen molar-refractivity contribution in [2.75, 3.05) is 13.1 Å². The zero-order chi connectivity index (χ0) is 25.7. The number of rotatable bonds is 10. The lowest BCUT2D eigenvalue weighted by molar-refractivity contribution is -0.132. The first-order valence-corrected chi connectivity index (χ1v) is 13.8. The van der Waals surface area contributed by atoms with Crippen molar-refractivity contribution in [3.63, 3.8) is 0 Å². The lowest BCUT2D eigenvalue weighted by Crippen LogP contribution is -2.42. The molecule has 0 N–H and O–H groups in total. The zero-order valence-electron chi connectivity index (χ0n) is 19.9. The highest BCUT2D eigenvalue weighted by molar-refractivity contribution is 7.89. The number of carbonyl (C=O) groups is 1. The molecule has 4 rings (SSSR count). The second-order valence-corrected chi connectivity index (χ2v) is 11.4. The molecular formula is C28H27FN2O3S2. The van der Waals surface area contributed by atoms with E-state index in [1.165, 1.54) is 29.5 Å². The van der Waals surface area contributed by atoms with Crippen molar-refractivity contribution in [3.8, 4) is 0 Å². The number of benzene rings is 3. The van der Waals surface area contributed by atoms with Gasteiger partial charge in [-0.25, -0.2) is 12.8 Å². The minimum atomic E-state index is -4.00. The van der Waals surface area contributed by atoms with Gasteiger partial charge in [-0.2, -0.15) is 4.31 Å². The highest BCUT2D eigenvalue weighted by Crippen LogP contribution is 2.26. The monoisotopic (exact) mass is 522 g/mol. The van der Waals surface area contributed by atoms with E-state index in [-0.39, 0.29) is 36.3 Å². The molecule has 0 aliphatic carbocycles. The van der Waals surface area contributed by atoms with Gasteiger partial charge in [0.25, 0.3) is 0 Å². The molecule has 1 aromatic heterocycles. The number of aryl methyl sites for hydroxylation is 1. The van der Waals surface area contributed by atoms with E-state index >= 15 is 0 Å². The minimum absolute atomic E-state index is 0.0142. The van der Waals surface area contributed by atoms with Crippen LogP contribution in [-0.4, -0.2) is 36.6 Å². The van der Waals surface area contributed by atoms with E-state index in [2.05, 4.69) is 6.58 Å². The molecule has 0 spiro atoms. The van der Waals surface area contributed by atoms with Crippen LogP contribution in [0.5, 0.6) is 0 Å². The summed E-state index contributed by atoms with van der Waals surface area (Å²) in [5.74, 6) is -0.707. The number of halogens is 1. The van der Waals surface area contributed by atoms with Crippen molar-refractivity contribution in [1.82, 2.24) is 9.21 Å². The van der Waals surface area contributed by atoms with E-state index in [0.29, 0.717) is 11.9 Å². The standard InChI is InChI=1S/C28H27FN2O3S2/c1-3-16-31(36(33,34)27-10-6-8-23-7-4-5-9-25(23)27)20-28(32)30(19-26-21(2)15-17-35-26)18-22-11-13-24(29)14-12-22/h3-15,17H,1,16,18-20H2,2H3. The maximum Gasteiger partial charge on any atom is 0.244 e. The van der Waals surface area contributed by atoms with Crippen LogP contribution in [-0.2, 0) is 27.9 Å². The van der Waals surface area contributed by atoms with Crippen LogP contribution in [0.3, 0.4) is 0 Å². The highest BCUT2D eigenvalue weighted by Gasteiger charge is 2.29. The van der Waals surface area contributed by atoms with Crippen molar-refractivity contribution in [1.29, 1.82) is 0 Å². The molecule has 0 bridgehead atoms. The van der Waals surface area contributed by atoms with E-state index in [1.807, 2.05) is 36.6 Å². The Balaban J connectivity index is 1.65. The number of hydrogen-bond donors (Lipinski definition) is 0. The average Bonchev–Trinajstić information content (AvgIpc) is 3.28. The third-order valence-corrected chi connectivity index (χ3v) is 8.83. The molecule has 0 atom stereocenters. The van der Waals surface area contributed by atoms with Crippen molar-refractivity contribution in [2.24, 2.45) is 0 Å². The molecule has 0 saturated carbocycles. The van der Waals surface area contributed by atoms with E-state index < -0.39 is 10.0 Å². The van der Waals surface area contributed by atoms with Gasteiger partial charge in [0.05, 0.1) is 18.0 Å². The molecule has 0 aliphatic rings. The van der Waals surface area contributed by atoms with Crippen molar-refractivity contribution >= 4 is 38.0 Å². The van der Waals surface area contributed by atoms with E-state index in [1.54, 1.807) is 41.3 Å². The Morgan fingerprint density at radius 3 is 2.42 bits per heavy atom. The molecule has 186 valence electrons. The van der Waals surface area contributed by atoms with E-state index in [4.69, 9.17) is 0 Å². The minimum Gasteiger partial charge on any atom is -0.332 e. The smallest absolute Gasteiger partial charge is 0.244 e. The van der Waals surface area contributed by atoms with E-state index in [0.717, 1.165) is 25.7 Å². The first-order valence-electron chi connectivity index (χ1n) is 11.4. The van der Waals surface area contributed by atoms with E-state index in [9.17, 15) is 17.6 Å². The molecule has 0 aliphatic heterocycles. The Hall–Kier alpha value is -3.33. The number of amides is 1. The second kappa shape index (κ2) is 11.2. The second-order valence-electron chi connectivity index (χ2n) is 8.47. The summed E-state index contributed by atoms with van der Waals surface area (Å²) >= 11 is 1.54. The summed E-state index contributed by atoms with van der Waals surface area (Å²) in [5.41, 5.74) is 1.81. The molecule has 4 aromatic rings. The Labute approximate surface area is 215 Å².